The van der Waals surface area contributed by atoms with Gasteiger partial charge in [0.15, 0.2) is 5.57 Å². The number of amides is 1. The van der Waals surface area contributed by atoms with Crippen LogP contribution in [0.3, 0.4) is 0 Å². The highest BCUT2D eigenvalue weighted by Gasteiger charge is 2.22. The first-order valence-corrected chi connectivity index (χ1v) is 6.27. The zero-order chi connectivity index (χ0) is 16.1. The Morgan fingerprint density at radius 1 is 1.27 bits per heavy atom. The molecule has 22 heavy (non-hydrogen) atoms. The summed E-state index contributed by atoms with van der Waals surface area (Å²) < 4.78 is 0. The second-order valence-corrected chi connectivity index (χ2v) is 4.48. The average Bonchev–Trinajstić information content (AvgIpc) is 2.86. The van der Waals surface area contributed by atoms with Crippen LogP contribution in [0.5, 0.6) is 0 Å². The Balaban J connectivity index is 2.33. The minimum atomic E-state index is -0.306. The lowest BCUT2D eigenvalue weighted by Crippen LogP contribution is -2.19. The third kappa shape index (κ3) is 2.92. The summed E-state index contributed by atoms with van der Waals surface area (Å²) in [6, 6.07) is 11.7. The van der Waals surface area contributed by atoms with Gasteiger partial charge in [0.05, 0.1) is 12.1 Å². The normalized spacial score (nSPS) is 12.7. The zero-order valence-corrected chi connectivity index (χ0v) is 11.7. The molecule has 0 spiro atoms. The molecule has 0 saturated carbocycles. The van der Waals surface area contributed by atoms with Crippen molar-refractivity contribution < 1.29 is 4.79 Å². The number of hydrogen-bond donors (Lipinski definition) is 1. The van der Waals surface area contributed by atoms with Gasteiger partial charge in [-0.1, -0.05) is 6.07 Å². The Morgan fingerprint density at radius 3 is 2.55 bits per heavy atom. The van der Waals surface area contributed by atoms with Crippen molar-refractivity contribution in [2.75, 3.05) is 10.3 Å². The predicted molar refractivity (Wildman–Crippen MR) is 79.1 cm³/mol. The molecule has 2 rings (SSSR count). The second-order valence-electron chi connectivity index (χ2n) is 4.48. The molecule has 0 atom stereocenters. The van der Waals surface area contributed by atoms with Crippen LogP contribution < -0.4 is 10.3 Å². The van der Waals surface area contributed by atoms with Crippen LogP contribution in [0.4, 0.5) is 11.4 Å². The SMILES string of the molecule is CC1=NN(c2cccc(NC(C#N)=C(C#N)C#N)c2)C(=O)C1. The lowest BCUT2D eigenvalue weighted by molar-refractivity contribution is -0.116. The fourth-order valence-electron chi connectivity index (χ4n) is 1.90. The van der Waals surface area contributed by atoms with Crippen molar-refractivity contribution in [3.05, 3.63) is 35.5 Å². The number of hydrazone groups is 1. The summed E-state index contributed by atoms with van der Waals surface area (Å²) in [6.07, 6.45) is 0.272. The van der Waals surface area contributed by atoms with E-state index in [9.17, 15) is 4.79 Å². The number of anilines is 2. The molecule has 1 aromatic rings. The van der Waals surface area contributed by atoms with Gasteiger partial charge in [-0.3, -0.25) is 4.79 Å². The average molecular weight is 290 g/mol. The molecule has 1 aliphatic rings. The number of nitrogens with one attached hydrogen (secondary N) is 1. The minimum absolute atomic E-state index is 0.138. The van der Waals surface area contributed by atoms with Crippen molar-refractivity contribution in [3.63, 3.8) is 0 Å². The van der Waals surface area contributed by atoms with Gasteiger partial charge in [-0.15, -0.1) is 0 Å². The van der Waals surface area contributed by atoms with Crippen LogP contribution >= 0.6 is 0 Å². The van der Waals surface area contributed by atoms with Crippen LogP contribution in [0.1, 0.15) is 13.3 Å². The van der Waals surface area contributed by atoms with Gasteiger partial charge < -0.3 is 5.32 Å². The van der Waals surface area contributed by atoms with E-state index in [-0.39, 0.29) is 23.6 Å². The van der Waals surface area contributed by atoms with Crippen LogP contribution in [-0.4, -0.2) is 11.6 Å². The molecular weight excluding hydrogens is 280 g/mol. The molecule has 0 aliphatic carbocycles. The van der Waals surface area contributed by atoms with E-state index in [2.05, 4.69) is 10.4 Å². The number of carbonyl (C=O) groups excluding carboxylic acids is 1. The summed E-state index contributed by atoms with van der Waals surface area (Å²) in [5.41, 5.74) is 1.29. The van der Waals surface area contributed by atoms with E-state index in [1.165, 1.54) is 5.01 Å². The Labute approximate surface area is 127 Å². The van der Waals surface area contributed by atoms with Crippen molar-refractivity contribution in [1.29, 1.82) is 15.8 Å². The maximum atomic E-state index is 11.8. The first-order valence-electron chi connectivity index (χ1n) is 6.27. The number of rotatable bonds is 3. The topological polar surface area (TPSA) is 116 Å². The van der Waals surface area contributed by atoms with Crippen molar-refractivity contribution in [2.45, 2.75) is 13.3 Å². The van der Waals surface area contributed by atoms with Crippen molar-refractivity contribution >= 4 is 23.0 Å². The van der Waals surface area contributed by atoms with Crippen LogP contribution in [0, 0.1) is 34.0 Å². The summed E-state index contributed by atoms with van der Waals surface area (Å²) in [5, 5.41) is 34.8. The van der Waals surface area contributed by atoms with Crippen molar-refractivity contribution in [1.82, 2.24) is 0 Å². The lowest BCUT2D eigenvalue weighted by atomic mass is 10.2. The van der Waals surface area contributed by atoms with E-state index in [4.69, 9.17) is 15.8 Å². The van der Waals surface area contributed by atoms with Crippen LogP contribution in [-0.2, 0) is 4.79 Å². The molecule has 1 heterocycles. The van der Waals surface area contributed by atoms with E-state index in [1.54, 1.807) is 49.4 Å². The van der Waals surface area contributed by atoms with Gasteiger partial charge in [0.1, 0.15) is 23.9 Å². The van der Waals surface area contributed by atoms with Crippen LogP contribution in [0.25, 0.3) is 0 Å². The molecule has 7 nitrogen and oxygen atoms in total. The van der Waals surface area contributed by atoms with Gasteiger partial charge in [-0.2, -0.15) is 20.9 Å². The third-order valence-electron chi connectivity index (χ3n) is 2.86. The van der Waals surface area contributed by atoms with Gasteiger partial charge >= 0.3 is 0 Å². The Hall–Kier alpha value is -3.63. The van der Waals surface area contributed by atoms with E-state index in [0.717, 1.165) is 5.71 Å². The molecule has 0 radical (unpaired) electrons. The van der Waals surface area contributed by atoms with E-state index in [0.29, 0.717) is 11.4 Å². The maximum Gasteiger partial charge on any atom is 0.253 e. The summed E-state index contributed by atoms with van der Waals surface area (Å²) in [6.45, 7) is 1.77. The molecule has 0 aromatic heterocycles. The largest absolute Gasteiger partial charge is 0.345 e. The summed E-state index contributed by atoms with van der Waals surface area (Å²) in [5.74, 6) is -0.138. The highest BCUT2D eigenvalue weighted by atomic mass is 16.2. The second kappa shape index (κ2) is 6.21. The number of carbonyl (C=O) groups is 1. The molecule has 0 saturated heterocycles. The monoisotopic (exact) mass is 290 g/mol. The molecule has 0 unspecified atom stereocenters. The van der Waals surface area contributed by atoms with Crippen LogP contribution in [0.2, 0.25) is 0 Å². The van der Waals surface area contributed by atoms with Gasteiger partial charge in [0, 0.05) is 11.4 Å². The highest BCUT2D eigenvalue weighted by molar-refractivity contribution is 6.12. The van der Waals surface area contributed by atoms with E-state index in [1.807, 2.05) is 0 Å². The summed E-state index contributed by atoms with van der Waals surface area (Å²) in [4.78, 5) is 11.8. The quantitative estimate of drug-likeness (QED) is 0.855. The third-order valence-corrected chi connectivity index (χ3v) is 2.86. The molecule has 0 bridgehead atoms. The number of allylic oxidation sites excluding steroid dienone is 2. The number of hydrogen-bond acceptors (Lipinski definition) is 6. The molecule has 1 aromatic carbocycles. The van der Waals surface area contributed by atoms with Gasteiger partial charge in [-0.25, -0.2) is 5.01 Å². The Morgan fingerprint density at radius 2 is 2.00 bits per heavy atom. The fourth-order valence-corrected chi connectivity index (χ4v) is 1.90. The molecule has 1 aliphatic heterocycles. The minimum Gasteiger partial charge on any atom is -0.345 e. The van der Waals surface area contributed by atoms with Gasteiger partial charge in [0.2, 0.25) is 0 Å². The fraction of sp³-hybridized carbons (Fsp3) is 0.133. The predicted octanol–water partition coefficient (Wildman–Crippen LogP) is 2.04. The number of nitriles is 3. The van der Waals surface area contributed by atoms with Crippen molar-refractivity contribution in [3.8, 4) is 18.2 Å². The Kier molecular flexibility index (Phi) is 4.17. The van der Waals surface area contributed by atoms with Gasteiger partial charge in [0.25, 0.3) is 5.91 Å². The van der Waals surface area contributed by atoms with Gasteiger partial charge in [-0.05, 0) is 25.1 Å². The standard InChI is InChI=1S/C15H10N6O/c1-10-5-15(22)21(20-10)13-4-2-3-12(6-13)19-14(9-18)11(7-16)8-17/h2-4,6,19H,5H2,1H3. The molecule has 106 valence electrons. The molecule has 1 amide bonds. The molecular formula is C15H10N6O. The van der Waals surface area contributed by atoms with Crippen molar-refractivity contribution in [2.24, 2.45) is 5.10 Å². The maximum absolute atomic E-state index is 11.8. The summed E-state index contributed by atoms with van der Waals surface area (Å²) in [7, 11) is 0. The number of nitrogens with zero attached hydrogens (tertiary/aromatic N) is 5. The number of benzene rings is 1. The van der Waals surface area contributed by atoms with E-state index >= 15 is 0 Å². The smallest absolute Gasteiger partial charge is 0.253 e. The zero-order valence-electron chi connectivity index (χ0n) is 11.7. The summed E-state index contributed by atoms with van der Waals surface area (Å²) >= 11 is 0. The first kappa shape index (κ1) is 14.8. The van der Waals surface area contributed by atoms with Crippen LogP contribution in [0.15, 0.2) is 40.6 Å². The molecule has 7 heteroatoms. The molecule has 0 fully saturated rings. The Bertz CT molecular complexity index is 800. The first-order chi connectivity index (χ1) is 10.6. The lowest BCUT2D eigenvalue weighted by Gasteiger charge is -2.13. The highest BCUT2D eigenvalue weighted by Crippen LogP contribution is 2.24. The van der Waals surface area contributed by atoms with E-state index < -0.39 is 0 Å². The molecule has 1 N–H and O–H groups in total.